The second-order valence-corrected chi connectivity index (χ2v) is 6.97. The zero-order valence-corrected chi connectivity index (χ0v) is 14.2. The number of rotatable bonds is 3. The number of carbonyl (C=O) groups is 2. The van der Waals surface area contributed by atoms with E-state index in [4.69, 9.17) is 4.74 Å². The molecule has 0 unspecified atom stereocenters. The molecule has 1 fully saturated rings. The van der Waals surface area contributed by atoms with Crippen molar-refractivity contribution in [1.82, 2.24) is 9.88 Å². The molecule has 3 rings (SSSR count). The van der Waals surface area contributed by atoms with Crippen LogP contribution in [0.1, 0.15) is 35.1 Å². The standard InChI is InChI=1S/C17H20N2O3S/c1-3-22-17(21)12-6-8-19(9-7-12)16(20)13-4-5-14-15(10-13)23-11(2)18-14/h4-5,10,12H,3,6-9H2,1-2H3. The Labute approximate surface area is 139 Å². The third-order valence-corrected chi connectivity index (χ3v) is 5.08. The zero-order chi connectivity index (χ0) is 16.4. The number of esters is 1. The van der Waals surface area contributed by atoms with Gasteiger partial charge in [-0.1, -0.05) is 0 Å². The van der Waals surface area contributed by atoms with Gasteiger partial charge in [0.2, 0.25) is 0 Å². The minimum atomic E-state index is -0.138. The lowest BCUT2D eigenvalue weighted by molar-refractivity contribution is -0.149. The van der Waals surface area contributed by atoms with Crippen LogP contribution in [0.15, 0.2) is 18.2 Å². The Morgan fingerprint density at radius 3 is 2.78 bits per heavy atom. The molecule has 0 aliphatic carbocycles. The number of likely N-dealkylation sites (tertiary alicyclic amines) is 1. The molecule has 1 saturated heterocycles. The van der Waals surface area contributed by atoms with Crippen LogP contribution in [0.5, 0.6) is 0 Å². The van der Waals surface area contributed by atoms with E-state index in [2.05, 4.69) is 4.98 Å². The van der Waals surface area contributed by atoms with Gasteiger partial charge in [-0.2, -0.15) is 0 Å². The molecule has 122 valence electrons. The Balaban J connectivity index is 1.67. The third kappa shape index (κ3) is 3.37. The average molecular weight is 332 g/mol. The topological polar surface area (TPSA) is 59.5 Å². The van der Waals surface area contributed by atoms with Gasteiger partial charge in [0, 0.05) is 18.7 Å². The van der Waals surface area contributed by atoms with Crippen molar-refractivity contribution in [2.24, 2.45) is 5.92 Å². The van der Waals surface area contributed by atoms with Gasteiger partial charge >= 0.3 is 5.97 Å². The molecule has 5 nitrogen and oxygen atoms in total. The molecule has 1 amide bonds. The van der Waals surface area contributed by atoms with Crippen LogP contribution in [-0.2, 0) is 9.53 Å². The van der Waals surface area contributed by atoms with E-state index >= 15 is 0 Å². The predicted octanol–water partition coefficient (Wildman–Crippen LogP) is 3.02. The highest BCUT2D eigenvalue weighted by atomic mass is 32.1. The summed E-state index contributed by atoms with van der Waals surface area (Å²) in [5, 5.41) is 1.000. The fraction of sp³-hybridized carbons (Fsp3) is 0.471. The maximum Gasteiger partial charge on any atom is 0.309 e. The SMILES string of the molecule is CCOC(=O)C1CCN(C(=O)c2ccc3nc(C)sc3c2)CC1. The zero-order valence-electron chi connectivity index (χ0n) is 13.4. The molecule has 1 aromatic carbocycles. The van der Waals surface area contributed by atoms with Crippen molar-refractivity contribution in [3.8, 4) is 0 Å². The molecule has 1 aromatic heterocycles. The largest absolute Gasteiger partial charge is 0.466 e. The third-order valence-electron chi connectivity index (χ3n) is 4.14. The Hall–Kier alpha value is -1.95. The number of fused-ring (bicyclic) bond motifs is 1. The normalized spacial score (nSPS) is 15.8. The molecule has 2 aromatic rings. The van der Waals surface area contributed by atoms with Gasteiger partial charge in [-0.05, 0) is 44.9 Å². The van der Waals surface area contributed by atoms with E-state index in [1.807, 2.05) is 36.9 Å². The number of benzene rings is 1. The number of ether oxygens (including phenoxy) is 1. The first-order valence-corrected chi connectivity index (χ1v) is 8.73. The van der Waals surface area contributed by atoms with Crippen molar-refractivity contribution in [1.29, 1.82) is 0 Å². The van der Waals surface area contributed by atoms with Crippen molar-refractivity contribution in [2.45, 2.75) is 26.7 Å². The lowest BCUT2D eigenvalue weighted by atomic mass is 9.96. The second-order valence-electron chi connectivity index (χ2n) is 5.73. The lowest BCUT2D eigenvalue weighted by Crippen LogP contribution is -2.40. The van der Waals surface area contributed by atoms with E-state index < -0.39 is 0 Å². The first-order chi connectivity index (χ1) is 11.1. The molecule has 6 heteroatoms. The molecule has 23 heavy (non-hydrogen) atoms. The molecule has 0 radical (unpaired) electrons. The summed E-state index contributed by atoms with van der Waals surface area (Å²) in [4.78, 5) is 30.6. The fourth-order valence-corrected chi connectivity index (χ4v) is 3.80. The summed E-state index contributed by atoms with van der Waals surface area (Å²) >= 11 is 1.60. The van der Waals surface area contributed by atoms with E-state index in [9.17, 15) is 9.59 Å². The van der Waals surface area contributed by atoms with Gasteiger partial charge in [0.15, 0.2) is 0 Å². The molecule has 1 aliphatic rings. The minimum Gasteiger partial charge on any atom is -0.466 e. The summed E-state index contributed by atoms with van der Waals surface area (Å²) in [6.45, 7) is 5.39. The van der Waals surface area contributed by atoms with Crippen LogP contribution in [0.2, 0.25) is 0 Å². The van der Waals surface area contributed by atoms with Crippen LogP contribution in [-0.4, -0.2) is 41.5 Å². The number of nitrogens with zero attached hydrogens (tertiary/aromatic N) is 2. The summed E-state index contributed by atoms with van der Waals surface area (Å²) < 4.78 is 6.10. The lowest BCUT2D eigenvalue weighted by Gasteiger charge is -2.31. The quantitative estimate of drug-likeness (QED) is 0.811. The summed E-state index contributed by atoms with van der Waals surface area (Å²) in [5.41, 5.74) is 1.63. The molecule has 1 aliphatic heterocycles. The monoisotopic (exact) mass is 332 g/mol. The van der Waals surface area contributed by atoms with E-state index in [0.29, 0.717) is 38.1 Å². The highest BCUT2D eigenvalue weighted by Crippen LogP contribution is 2.25. The molecular formula is C17H20N2O3S. The van der Waals surface area contributed by atoms with E-state index in [0.717, 1.165) is 15.2 Å². The van der Waals surface area contributed by atoms with Crippen LogP contribution in [0.4, 0.5) is 0 Å². The van der Waals surface area contributed by atoms with Crippen LogP contribution in [0.3, 0.4) is 0 Å². The number of amides is 1. The van der Waals surface area contributed by atoms with Crippen LogP contribution >= 0.6 is 11.3 Å². The molecule has 2 heterocycles. The van der Waals surface area contributed by atoms with Crippen LogP contribution < -0.4 is 0 Å². The number of carbonyl (C=O) groups excluding carboxylic acids is 2. The summed E-state index contributed by atoms with van der Waals surface area (Å²) in [6, 6.07) is 5.65. The molecular weight excluding hydrogens is 312 g/mol. The Morgan fingerprint density at radius 2 is 2.09 bits per heavy atom. The van der Waals surface area contributed by atoms with Gasteiger partial charge in [0.25, 0.3) is 5.91 Å². The first-order valence-electron chi connectivity index (χ1n) is 7.91. The van der Waals surface area contributed by atoms with E-state index in [1.165, 1.54) is 0 Å². The Kier molecular flexibility index (Phi) is 4.61. The molecule has 0 spiro atoms. The molecule has 0 N–H and O–H groups in total. The van der Waals surface area contributed by atoms with Gasteiger partial charge in [-0.25, -0.2) is 4.98 Å². The Morgan fingerprint density at radius 1 is 1.35 bits per heavy atom. The van der Waals surface area contributed by atoms with Crippen LogP contribution in [0, 0.1) is 12.8 Å². The van der Waals surface area contributed by atoms with Crippen LogP contribution in [0.25, 0.3) is 10.2 Å². The summed E-state index contributed by atoms with van der Waals surface area (Å²) in [7, 11) is 0. The van der Waals surface area contributed by atoms with Gasteiger partial charge in [0.1, 0.15) is 0 Å². The van der Waals surface area contributed by atoms with Crippen molar-refractivity contribution < 1.29 is 14.3 Å². The van der Waals surface area contributed by atoms with Gasteiger partial charge in [0.05, 0.1) is 27.7 Å². The summed E-state index contributed by atoms with van der Waals surface area (Å²) in [6.07, 6.45) is 1.35. The van der Waals surface area contributed by atoms with Gasteiger partial charge < -0.3 is 9.64 Å². The maximum absolute atomic E-state index is 12.6. The van der Waals surface area contributed by atoms with Gasteiger partial charge in [-0.3, -0.25) is 9.59 Å². The number of piperidine rings is 1. The predicted molar refractivity (Wildman–Crippen MR) is 89.6 cm³/mol. The average Bonchev–Trinajstić information content (AvgIpc) is 2.93. The smallest absolute Gasteiger partial charge is 0.309 e. The molecule has 0 saturated carbocycles. The van der Waals surface area contributed by atoms with Crippen molar-refractivity contribution in [2.75, 3.05) is 19.7 Å². The van der Waals surface area contributed by atoms with Crippen molar-refractivity contribution in [3.05, 3.63) is 28.8 Å². The number of aryl methyl sites for hydroxylation is 1. The minimum absolute atomic E-state index is 0.0280. The fourth-order valence-electron chi connectivity index (χ4n) is 2.93. The molecule has 0 bridgehead atoms. The highest BCUT2D eigenvalue weighted by Gasteiger charge is 2.28. The van der Waals surface area contributed by atoms with Crippen molar-refractivity contribution in [3.63, 3.8) is 0 Å². The van der Waals surface area contributed by atoms with Gasteiger partial charge in [-0.15, -0.1) is 11.3 Å². The van der Waals surface area contributed by atoms with Crippen molar-refractivity contribution >= 4 is 33.4 Å². The maximum atomic E-state index is 12.6. The first kappa shape index (κ1) is 15.9. The summed E-state index contributed by atoms with van der Waals surface area (Å²) in [5.74, 6) is -0.188. The highest BCUT2D eigenvalue weighted by molar-refractivity contribution is 7.18. The number of thiazole rings is 1. The van der Waals surface area contributed by atoms with E-state index in [1.54, 1.807) is 11.3 Å². The van der Waals surface area contributed by atoms with E-state index in [-0.39, 0.29) is 17.8 Å². The second kappa shape index (κ2) is 6.66. The Bertz CT molecular complexity index is 733. The number of aromatic nitrogens is 1. The number of hydrogen-bond acceptors (Lipinski definition) is 5. The number of hydrogen-bond donors (Lipinski definition) is 0. The molecule has 0 atom stereocenters.